The number of amides is 1. The number of carbonyl (C=O) groups excluding carboxylic acids is 1. The number of fused-ring (bicyclic) bond motifs is 4. The van der Waals surface area contributed by atoms with Gasteiger partial charge in [-0.15, -0.1) is 0 Å². The van der Waals surface area contributed by atoms with Crippen molar-refractivity contribution >= 4 is 33.5 Å². The molecule has 2 aromatic heterocycles. The first-order valence-corrected chi connectivity index (χ1v) is 10.8. The topological polar surface area (TPSA) is 105 Å². The molecule has 2 aliphatic heterocycles. The minimum atomic E-state index is -0.189. The third-order valence-electron chi connectivity index (χ3n) is 6.39. The van der Waals surface area contributed by atoms with E-state index in [1.54, 1.807) is 28.9 Å². The Bertz CT molecular complexity index is 1410. The van der Waals surface area contributed by atoms with E-state index in [-0.39, 0.29) is 18.1 Å². The Morgan fingerprint density at radius 1 is 1.18 bits per heavy atom. The summed E-state index contributed by atoms with van der Waals surface area (Å²) in [5, 5.41) is 5.91. The number of hydrogen-bond donors (Lipinski definition) is 1. The van der Waals surface area contributed by atoms with Crippen LogP contribution in [0.15, 0.2) is 42.6 Å². The second-order valence-corrected chi connectivity index (χ2v) is 8.48. The summed E-state index contributed by atoms with van der Waals surface area (Å²) in [7, 11) is 3.65. The second kappa shape index (κ2) is 7.35. The average molecular weight is 445 g/mol. The molecule has 0 saturated carbocycles. The third-order valence-corrected chi connectivity index (χ3v) is 6.39. The van der Waals surface area contributed by atoms with Crippen LogP contribution in [0, 0.1) is 0 Å². The van der Waals surface area contributed by atoms with Gasteiger partial charge in [0.05, 0.1) is 41.9 Å². The maximum Gasteiger partial charge on any atom is 0.254 e. The van der Waals surface area contributed by atoms with E-state index in [9.17, 15) is 4.79 Å². The highest BCUT2D eigenvalue weighted by Crippen LogP contribution is 2.39. The van der Waals surface area contributed by atoms with E-state index < -0.39 is 0 Å². The zero-order valence-electron chi connectivity index (χ0n) is 18.3. The summed E-state index contributed by atoms with van der Waals surface area (Å²) >= 11 is 0. The van der Waals surface area contributed by atoms with Gasteiger partial charge in [0.1, 0.15) is 30.0 Å². The molecule has 2 N–H and O–H groups in total. The van der Waals surface area contributed by atoms with Gasteiger partial charge in [0, 0.05) is 36.7 Å². The first kappa shape index (κ1) is 19.8. The maximum atomic E-state index is 13.4. The molecule has 1 amide bonds. The molecule has 9 heteroatoms. The lowest BCUT2D eigenvalue weighted by atomic mass is 10.0. The fourth-order valence-electron chi connectivity index (χ4n) is 4.48. The first-order valence-electron chi connectivity index (χ1n) is 10.8. The number of nitrogens with zero attached hydrogens (tertiary/aromatic N) is 4. The first-order chi connectivity index (χ1) is 16.0. The zero-order chi connectivity index (χ0) is 22.7. The fourth-order valence-corrected chi connectivity index (χ4v) is 4.48. The molecule has 4 aromatic rings. The van der Waals surface area contributed by atoms with Crippen molar-refractivity contribution in [2.75, 3.05) is 32.6 Å². The Morgan fingerprint density at radius 3 is 2.82 bits per heavy atom. The van der Waals surface area contributed by atoms with Crippen molar-refractivity contribution in [1.29, 1.82) is 0 Å². The number of aryl methyl sites for hydroxylation is 1. The molecule has 4 heterocycles. The Balaban J connectivity index is 1.30. The molecule has 0 radical (unpaired) electrons. The van der Waals surface area contributed by atoms with Crippen LogP contribution in [-0.2, 0) is 11.8 Å². The van der Waals surface area contributed by atoms with Crippen LogP contribution in [0.25, 0.3) is 21.8 Å². The van der Waals surface area contributed by atoms with Crippen molar-refractivity contribution < 1.29 is 19.0 Å². The molecule has 0 unspecified atom stereocenters. The number of nitrogens with two attached hydrogens (primary N) is 1. The molecule has 0 bridgehead atoms. The monoisotopic (exact) mass is 445 g/mol. The molecule has 33 heavy (non-hydrogen) atoms. The molecule has 2 aliphatic rings. The van der Waals surface area contributed by atoms with Gasteiger partial charge >= 0.3 is 0 Å². The fraction of sp³-hybridized carbons (Fsp3) is 0.292. The predicted molar refractivity (Wildman–Crippen MR) is 122 cm³/mol. The van der Waals surface area contributed by atoms with Crippen molar-refractivity contribution in [3.05, 3.63) is 53.7 Å². The number of hydrogen-bond acceptors (Lipinski definition) is 7. The summed E-state index contributed by atoms with van der Waals surface area (Å²) in [6.07, 6.45) is 1.79. The lowest BCUT2D eigenvalue weighted by Crippen LogP contribution is -2.38. The van der Waals surface area contributed by atoms with Crippen molar-refractivity contribution in [2.45, 2.75) is 12.1 Å². The lowest BCUT2D eigenvalue weighted by Gasteiger charge is -2.27. The van der Waals surface area contributed by atoms with Gasteiger partial charge in [0.25, 0.3) is 5.91 Å². The lowest BCUT2D eigenvalue weighted by molar-refractivity contribution is -0.0797. The minimum absolute atomic E-state index is 0.0909. The van der Waals surface area contributed by atoms with Gasteiger partial charge < -0.3 is 24.8 Å². The Kier molecular flexibility index (Phi) is 4.41. The normalized spacial score (nSPS) is 17.6. The third kappa shape index (κ3) is 3.15. The largest absolute Gasteiger partial charge is 0.491 e. The highest BCUT2D eigenvalue weighted by Gasteiger charge is 2.32. The number of nitrogen functional groups attached to an aromatic ring is 1. The van der Waals surface area contributed by atoms with Gasteiger partial charge in [-0.05, 0) is 30.3 Å². The van der Waals surface area contributed by atoms with Crippen LogP contribution in [0.5, 0.6) is 11.5 Å². The number of aromatic nitrogens is 3. The van der Waals surface area contributed by atoms with E-state index in [1.165, 1.54) is 0 Å². The van der Waals surface area contributed by atoms with E-state index in [0.29, 0.717) is 31.2 Å². The Hall–Kier alpha value is -3.85. The molecular formula is C24H23N5O4. The molecule has 1 fully saturated rings. The van der Waals surface area contributed by atoms with Crippen molar-refractivity contribution in [3.8, 4) is 11.5 Å². The van der Waals surface area contributed by atoms with Gasteiger partial charge in [-0.3, -0.25) is 9.48 Å². The summed E-state index contributed by atoms with van der Waals surface area (Å²) in [5.74, 6) is 1.82. The number of carbonyl (C=O) groups is 1. The van der Waals surface area contributed by atoms with E-state index in [2.05, 4.69) is 10.1 Å². The molecule has 1 atom stereocenters. The molecule has 2 aromatic carbocycles. The number of pyridine rings is 1. The maximum absolute atomic E-state index is 13.4. The molecule has 1 saturated heterocycles. The van der Waals surface area contributed by atoms with E-state index in [0.717, 1.165) is 38.9 Å². The summed E-state index contributed by atoms with van der Waals surface area (Å²) in [6.45, 7) is 1.61. The Labute approximate surface area is 189 Å². The van der Waals surface area contributed by atoms with Crippen LogP contribution in [-0.4, -0.2) is 58.5 Å². The van der Waals surface area contributed by atoms with E-state index in [1.807, 2.05) is 37.4 Å². The van der Waals surface area contributed by atoms with Crippen LogP contribution in [0.1, 0.15) is 22.0 Å². The van der Waals surface area contributed by atoms with Crippen molar-refractivity contribution in [3.63, 3.8) is 0 Å². The van der Waals surface area contributed by atoms with Crippen LogP contribution in [0.2, 0.25) is 0 Å². The SMILES string of the molecule is CN(C(=O)c1ccc2nc(N)c3cnn(C)c3c2c1)[C@@H]1COc2cc(OC3COC3)ccc21. The zero-order valence-corrected chi connectivity index (χ0v) is 18.3. The van der Waals surface area contributed by atoms with Crippen LogP contribution >= 0.6 is 0 Å². The number of likely N-dealkylation sites (N-methyl/N-ethyl adjacent to an activating group) is 1. The van der Waals surface area contributed by atoms with E-state index in [4.69, 9.17) is 19.9 Å². The molecule has 6 rings (SSSR count). The molecule has 0 spiro atoms. The van der Waals surface area contributed by atoms with E-state index >= 15 is 0 Å². The van der Waals surface area contributed by atoms with Crippen LogP contribution in [0.3, 0.4) is 0 Å². The standard InChI is InChI=1S/C24H23N5O4/c1-28(20-12-32-21-8-14(4-5-16(20)21)33-15-10-31-11-15)24(30)13-3-6-19-17(7-13)22-18(23(25)27-19)9-26-29(22)2/h3-9,15,20H,10-12H2,1-2H3,(H2,25,27)/t20-/m1/s1. The summed E-state index contributed by atoms with van der Waals surface area (Å²) in [4.78, 5) is 19.6. The highest BCUT2D eigenvalue weighted by molar-refractivity contribution is 6.10. The van der Waals surface area contributed by atoms with Gasteiger partial charge in [0.2, 0.25) is 0 Å². The number of rotatable bonds is 4. The smallest absolute Gasteiger partial charge is 0.254 e. The van der Waals surface area contributed by atoms with Crippen molar-refractivity contribution in [2.24, 2.45) is 7.05 Å². The van der Waals surface area contributed by atoms with Crippen LogP contribution < -0.4 is 15.2 Å². The number of anilines is 1. The molecule has 9 nitrogen and oxygen atoms in total. The number of ether oxygens (including phenoxy) is 3. The highest BCUT2D eigenvalue weighted by atomic mass is 16.6. The van der Waals surface area contributed by atoms with Gasteiger partial charge in [-0.25, -0.2) is 4.98 Å². The quantitative estimate of drug-likeness (QED) is 0.515. The van der Waals surface area contributed by atoms with Crippen LogP contribution in [0.4, 0.5) is 5.82 Å². The van der Waals surface area contributed by atoms with Gasteiger partial charge in [0.15, 0.2) is 0 Å². The molecule has 0 aliphatic carbocycles. The summed E-state index contributed by atoms with van der Waals surface area (Å²) in [5.41, 5.74) is 9.20. The molecular weight excluding hydrogens is 422 g/mol. The molecule has 168 valence electrons. The summed E-state index contributed by atoms with van der Waals surface area (Å²) in [6, 6.07) is 11.1. The number of benzene rings is 2. The van der Waals surface area contributed by atoms with Crippen molar-refractivity contribution in [1.82, 2.24) is 19.7 Å². The minimum Gasteiger partial charge on any atom is -0.491 e. The average Bonchev–Trinajstić information content (AvgIpc) is 3.39. The predicted octanol–water partition coefficient (Wildman–Crippen LogP) is 2.69. The Morgan fingerprint density at radius 2 is 2.03 bits per heavy atom. The second-order valence-electron chi connectivity index (χ2n) is 8.48. The van der Waals surface area contributed by atoms with Gasteiger partial charge in [-0.1, -0.05) is 0 Å². The van der Waals surface area contributed by atoms with Gasteiger partial charge in [-0.2, -0.15) is 5.10 Å². The summed E-state index contributed by atoms with van der Waals surface area (Å²) < 4.78 is 18.7.